The topological polar surface area (TPSA) is 98.5 Å². The summed E-state index contributed by atoms with van der Waals surface area (Å²) in [5.74, 6) is 0. The summed E-state index contributed by atoms with van der Waals surface area (Å²) in [7, 11) is -2.79. The van der Waals surface area contributed by atoms with Gasteiger partial charge in [-0.25, -0.2) is 17.9 Å². The molecule has 1 aromatic rings. The number of sulfonamides is 1. The number of carbonyl (C=O) groups excluding carboxylic acids is 1. The van der Waals surface area contributed by atoms with Crippen LogP contribution in [0.1, 0.15) is 0 Å². The van der Waals surface area contributed by atoms with Crippen molar-refractivity contribution in [3.8, 4) is 0 Å². The number of nitrogens with two attached hydrogens (primary N) is 1. The monoisotopic (exact) mass is 254 g/mol. The van der Waals surface area contributed by atoms with Crippen molar-refractivity contribution in [2.45, 2.75) is 4.90 Å². The van der Waals surface area contributed by atoms with Crippen LogP contribution in [0.5, 0.6) is 0 Å². The Labute approximate surface area is 116 Å². The number of nitrogen functional groups attached to an aromatic ring is 1. The fraction of sp³-hybridized carbons (Fsp3) is 0.125. The normalized spacial score (nSPS) is 10.1. The Bertz CT molecular complexity index is 457. The van der Waals surface area contributed by atoms with Crippen LogP contribution in [0.25, 0.3) is 0 Å². The van der Waals surface area contributed by atoms with Crippen LogP contribution in [0.2, 0.25) is 0 Å². The summed E-state index contributed by atoms with van der Waals surface area (Å²) in [6.07, 6.45) is -1.04. The Hall–Kier alpha value is -0.760. The minimum atomic E-state index is -3.87. The van der Waals surface area contributed by atoms with Crippen molar-refractivity contribution >= 4 is 51.4 Å². The molecule has 6 nitrogen and oxygen atoms in total. The molecule has 3 N–H and O–H groups in total. The first-order chi connectivity index (χ1) is 6.95. The first kappa shape index (κ1) is 15.2. The SMILES string of the molecule is COC(=O)NS(=O)(=O)c1ccc(N)cc1.[NaH]. The van der Waals surface area contributed by atoms with E-state index in [0.29, 0.717) is 5.69 Å². The van der Waals surface area contributed by atoms with Crippen molar-refractivity contribution in [2.24, 2.45) is 0 Å². The number of nitrogens with one attached hydrogen (secondary N) is 1. The molecule has 0 spiro atoms. The summed E-state index contributed by atoms with van der Waals surface area (Å²) < 4.78 is 28.8. The number of hydrogen-bond acceptors (Lipinski definition) is 5. The molecule has 16 heavy (non-hydrogen) atoms. The number of benzene rings is 1. The first-order valence-electron chi connectivity index (χ1n) is 3.92. The van der Waals surface area contributed by atoms with Gasteiger partial charge in [-0.1, -0.05) is 0 Å². The minimum absolute atomic E-state index is 0. The molecule has 0 aliphatic heterocycles. The number of hydrogen-bond donors (Lipinski definition) is 2. The summed E-state index contributed by atoms with van der Waals surface area (Å²) in [6, 6.07) is 5.43. The first-order valence-corrected chi connectivity index (χ1v) is 5.40. The van der Waals surface area contributed by atoms with E-state index in [-0.39, 0.29) is 34.5 Å². The second-order valence-corrected chi connectivity index (χ2v) is 4.35. The molecule has 0 fully saturated rings. The van der Waals surface area contributed by atoms with Crippen LogP contribution >= 0.6 is 0 Å². The van der Waals surface area contributed by atoms with Crippen LogP contribution in [-0.4, -0.2) is 51.2 Å². The third-order valence-electron chi connectivity index (χ3n) is 1.59. The maximum absolute atomic E-state index is 11.5. The molecule has 0 atom stereocenters. The van der Waals surface area contributed by atoms with Gasteiger partial charge in [-0.15, -0.1) is 0 Å². The predicted octanol–water partition coefficient (Wildman–Crippen LogP) is -0.335. The zero-order valence-electron chi connectivity index (χ0n) is 7.93. The molecule has 1 rings (SSSR count). The molecule has 1 aromatic carbocycles. The van der Waals surface area contributed by atoms with Gasteiger partial charge in [0, 0.05) is 5.69 Å². The maximum atomic E-state index is 11.5. The van der Waals surface area contributed by atoms with E-state index in [1.165, 1.54) is 24.3 Å². The summed E-state index contributed by atoms with van der Waals surface area (Å²) in [5.41, 5.74) is 5.83. The Morgan fingerprint density at radius 1 is 1.31 bits per heavy atom. The Morgan fingerprint density at radius 2 is 1.81 bits per heavy atom. The summed E-state index contributed by atoms with van der Waals surface area (Å²) >= 11 is 0. The summed E-state index contributed by atoms with van der Waals surface area (Å²) in [6.45, 7) is 0. The fourth-order valence-electron chi connectivity index (χ4n) is 0.857. The van der Waals surface area contributed by atoms with Crippen LogP contribution in [0.4, 0.5) is 10.5 Å². The zero-order valence-corrected chi connectivity index (χ0v) is 8.74. The number of anilines is 1. The van der Waals surface area contributed by atoms with E-state index in [1.807, 2.05) is 0 Å². The molecule has 0 aliphatic carbocycles. The van der Waals surface area contributed by atoms with Crippen molar-refractivity contribution < 1.29 is 17.9 Å². The average Bonchev–Trinajstić information content (AvgIpc) is 2.17. The van der Waals surface area contributed by atoms with E-state index in [1.54, 1.807) is 4.72 Å². The Morgan fingerprint density at radius 3 is 2.25 bits per heavy atom. The Kier molecular flexibility index (Phi) is 5.80. The molecule has 0 radical (unpaired) electrons. The van der Waals surface area contributed by atoms with Crippen molar-refractivity contribution in [3.63, 3.8) is 0 Å². The quantitative estimate of drug-likeness (QED) is 0.556. The van der Waals surface area contributed by atoms with Gasteiger partial charge in [-0.2, -0.15) is 0 Å². The second-order valence-electron chi connectivity index (χ2n) is 2.67. The molecule has 0 aromatic heterocycles. The van der Waals surface area contributed by atoms with Crippen LogP contribution in [0.3, 0.4) is 0 Å². The average molecular weight is 254 g/mol. The van der Waals surface area contributed by atoms with Crippen LogP contribution in [0.15, 0.2) is 29.2 Å². The Balaban J connectivity index is 0.00000225. The van der Waals surface area contributed by atoms with Crippen molar-refractivity contribution in [1.29, 1.82) is 0 Å². The van der Waals surface area contributed by atoms with E-state index >= 15 is 0 Å². The molecule has 0 heterocycles. The second kappa shape index (κ2) is 6.09. The van der Waals surface area contributed by atoms with Crippen molar-refractivity contribution in [2.75, 3.05) is 12.8 Å². The third kappa shape index (κ3) is 4.01. The molecular weight excluding hydrogens is 243 g/mol. The molecule has 0 unspecified atom stereocenters. The van der Waals surface area contributed by atoms with Gasteiger partial charge >= 0.3 is 35.7 Å². The van der Waals surface area contributed by atoms with Gasteiger partial charge in [0.25, 0.3) is 10.0 Å². The standard InChI is InChI=1S/C8H10N2O4S.Na.H/c1-14-8(11)10-15(12,13)7-4-2-6(9)3-5-7;;/h2-5H,9H2,1H3,(H,10,11);;. The molecule has 8 heteroatoms. The summed E-state index contributed by atoms with van der Waals surface area (Å²) in [4.78, 5) is 10.7. The van der Waals surface area contributed by atoms with E-state index in [0.717, 1.165) is 7.11 Å². The molecule has 0 bridgehead atoms. The molecule has 84 valence electrons. The van der Waals surface area contributed by atoms with E-state index in [9.17, 15) is 13.2 Å². The number of methoxy groups -OCH3 is 1. The molecule has 1 amide bonds. The van der Waals surface area contributed by atoms with Gasteiger partial charge in [0.05, 0.1) is 12.0 Å². The van der Waals surface area contributed by atoms with Gasteiger partial charge < -0.3 is 10.5 Å². The molecule has 0 saturated heterocycles. The van der Waals surface area contributed by atoms with Gasteiger partial charge in [0.15, 0.2) is 0 Å². The van der Waals surface area contributed by atoms with E-state index in [4.69, 9.17) is 5.73 Å². The van der Waals surface area contributed by atoms with E-state index in [2.05, 4.69) is 4.74 Å². The number of ether oxygens (including phenoxy) is 1. The fourth-order valence-corrected chi connectivity index (χ4v) is 1.77. The van der Waals surface area contributed by atoms with Crippen LogP contribution in [-0.2, 0) is 14.8 Å². The number of amides is 1. The van der Waals surface area contributed by atoms with Gasteiger partial charge in [0.2, 0.25) is 0 Å². The number of carbonyl (C=O) groups is 1. The molecule has 0 saturated carbocycles. The zero-order chi connectivity index (χ0) is 11.5. The van der Waals surface area contributed by atoms with Crippen molar-refractivity contribution in [3.05, 3.63) is 24.3 Å². The van der Waals surface area contributed by atoms with Crippen LogP contribution < -0.4 is 10.5 Å². The van der Waals surface area contributed by atoms with Crippen molar-refractivity contribution in [1.82, 2.24) is 4.72 Å². The van der Waals surface area contributed by atoms with E-state index < -0.39 is 16.1 Å². The van der Waals surface area contributed by atoms with Gasteiger partial charge in [-0.05, 0) is 24.3 Å². The van der Waals surface area contributed by atoms with Gasteiger partial charge in [0.1, 0.15) is 0 Å². The molecule has 0 aliphatic rings. The van der Waals surface area contributed by atoms with Crippen LogP contribution in [0, 0.1) is 0 Å². The molecular formula is C8H11N2NaO4S. The number of rotatable bonds is 2. The third-order valence-corrected chi connectivity index (χ3v) is 2.92. The van der Waals surface area contributed by atoms with Gasteiger partial charge in [-0.3, -0.25) is 0 Å². The summed E-state index contributed by atoms with van der Waals surface area (Å²) in [5, 5.41) is 0. The predicted molar refractivity (Wildman–Crippen MR) is 60.7 cm³/mol.